The van der Waals surface area contributed by atoms with Crippen LogP contribution < -0.4 is 11.1 Å². The van der Waals surface area contributed by atoms with Crippen LogP contribution in [-0.4, -0.2) is 18.3 Å². The van der Waals surface area contributed by atoms with Crippen LogP contribution in [-0.2, 0) is 0 Å². The van der Waals surface area contributed by atoms with E-state index in [1.807, 2.05) is 0 Å². The predicted octanol–water partition coefficient (Wildman–Crippen LogP) is -0.608. The number of nitrogens with two attached hydrogens (primary N) is 1. The number of rotatable bonds is 2. The van der Waals surface area contributed by atoms with E-state index in [-0.39, 0.29) is 0 Å². The molecule has 0 aromatic carbocycles. The zero-order chi connectivity index (χ0) is 7.56. The molecule has 4 N–H and O–H groups in total. The van der Waals surface area contributed by atoms with Gasteiger partial charge in [-0.2, -0.15) is 0 Å². The van der Waals surface area contributed by atoms with Crippen molar-refractivity contribution in [3.63, 3.8) is 0 Å². The highest BCUT2D eigenvalue weighted by Gasteiger charge is 2.12. The summed E-state index contributed by atoms with van der Waals surface area (Å²) in [5, 5.41) is 17.6. The van der Waals surface area contributed by atoms with Gasteiger partial charge in [0.2, 0.25) is 0 Å². The maximum atomic E-state index is 8.91. The Balaban J connectivity index is 3.01. The first-order valence-electron chi connectivity index (χ1n) is 2.77. The van der Waals surface area contributed by atoms with Gasteiger partial charge in [-0.1, -0.05) is 6.07 Å². The van der Waals surface area contributed by atoms with E-state index in [1.54, 1.807) is 11.4 Å². The van der Waals surface area contributed by atoms with Gasteiger partial charge in [0.25, 0.3) is 0 Å². The Kier molecular flexibility index (Phi) is 2.21. The van der Waals surface area contributed by atoms with Crippen molar-refractivity contribution in [2.75, 3.05) is 0 Å². The molecule has 10 heavy (non-hydrogen) atoms. The SMILES string of the molecule is N=Cc1sccc1B(N)O. The minimum atomic E-state index is -0.956. The second-order valence-corrected chi connectivity index (χ2v) is 2.78. The quantitative estimate of drug-likeness (QED) is 0.393. The second kappa shape index (κ2) is 2.96. The van der Waals surface area contributed by atoms with Crippen molar-refractivity contribution in [2.45, 2.75) is 0 Å². The van der Waals surface area contributed by atoms with Crippen LogP contribution >= 0.6 is 11.3 Å². The lowest BCUT2D eigenvalue weighted by atomic mass is 9.76. The summed E-state index contributed by atoms with van der Waals surface area (Å²) in [5.74, 6) is 0. The molecule has 0 aliphatic heterocycles. The summed E-state index contributed by atoms with van der Waals surface area (Å²) in [7, 11) is -0.956. The number of hydrogen-bond acceptors (Lipinski definition) is 4. The van der Waals surface area contributed by atoms with E-state index in [0.717, 1.165) is 4.88 Å². The molecule has 0 atom stereocenters. The smallest absolute Gasteiger partial charge is 0.411 e. The minimum Gasteiger partial charge on any atom is -0.434 e. The molecule has 0 fully saturated rings. The average Bonchev–Trinajstić information content (AvgIpc) is 2.33. The van der Waals surface area contributed by atoms with E-state index in [1.165, 1.54) is 17.6 Å². The van der Waals surface area contributed by atoms with Crippen LogP contribution in [0, 0.1) is 5.41 Å². The van der Waals surface area contributed by atoms with Crippen LogP contribution in [0.2, 0.25) is 0 Å². The van der Waals surface area contributed by atoms with Gasteiger partial charge in [-0.3, -0.25) is 0 Å². The highest BCUT2D eigenvalue weighted by molar-refractivity contribution is 7.13. The van der Waals surface area contributed by atoms with E-state index >= 15 is 0 Å². The molecular formula is C5H7BN2OS. The predicted molar refractivity (Wildman–Crippen MR) is 44.0 cm³/mol. The molecule has 0 unspecified atom stereocenters. The number of nitrogens with one attached hydrogen (secondary N) is 1. The molecule has 0 aliphatic carbocycles. The molecule has 0 radical (unpaired) electrons. The molecule has 1 aromatic rings. The highest BCUT2D eigenvalue weighted by Crippen LogP contribution is 2.01. The summed E-state index contributed by atoms with van der Waals surface area (Å²) in [6.45, 7) is 0. The molecule has 0 saturated heterocycles. The molecule has 0 spiro atoms. The van der Waals surface area contributed by atoms with Crippen LogP contribution in [0.5, 0.6) is 0 Å². The summed E-state index contributed by atoms with van der Waals surface area (Å²) in [6.07, 6.45) is 1.19. The molecule has 0 saturated carbocycles. The minimum absolute atomic E-state index is 0.625. The molecule has 1 heterocycles. The Morgan fingerprint density at radius 3 is 2.90 bits per heavy atom. The van der Waals surface area contributed by atoms with Gasteiger partial charge in [0.1, 0.15) is 0 Å². The van der Waals surface area contributed by atoms with E-state index in [4.69, 9.17) is 16.1 Å². The van der Waals surface area contributed by atoms with Crippen LogP contribution in [0.1, 0.15) is 4.88 Å². The lowest BCUT2D eigenvalue weighted by Crippen LogP contribution is -2.40. The van der Waals surface area contributed by atoms with Crippen LogP contribution in [0.25, 0.3) is 0 Å². The first kappa shape index (κ1) is 7.46. The fraction of sp³-hybridized carbons (Fsp3) is 0. The van der Waals surface area contributed by atoms with Crippen molar-refractivity contribution < 1.29 is 5.02 Å². The fourth-order valence-electron chi connectivity index (χ4n) is 0.693. The third-order valence-corrected chi connectivity index (χ3v) is 2.06. The second-order valence-electron chi connectivity index (χ2n) is 1.83. The van der Waals surface area contributed by atoms with Crippen molar-refractivity contribution >= 4 is 30.1 Å². The van der Waals surface area contributed by atoms with Gasteiger partial charge in [0, 0.05) is 11.1 Å². The van der Waals surface area contributed by atoms with E-state index in [0.29, 0.717) is 5.46 Å². The van der Waals surface area contributed by atoms with Crippen LogP contribution in [0.4, 0.5) is 0 Å². The Hall–Kier alpha value is -0.645. The molecule has 0 bridgehead atoms. The monoisotopic (exact) mass is 154 g/mol. The van der Waals surface area contributed by atoms with Crippen molar-refractivity contribution in [3.8, 4) is 0 Å². The Labute approximate surface area is 63.1 Å². The van der Waals surface area contributed by atoms with Gasteiger partial charge < -0.3 is 16.1 Å². The maximum absolute atomic E-state index is 8.91. The lowest BCUT2D eigenvalue weighted by molar-refractivity contribution is 0.588. The molecule has 1 aromatic heterocycles. The Morgan fingerprint density at radius 2 is 2.50 bits per heavy atom. The summed E-state index contributed by atoms with van der Waals surface area (Å²) < 4.78 is 0. The third kappa shape index (κ3) is 1.26. The van der Waals surface area contributed by atoms with Gasteiger partial charge in [0.05, 0.1) is 0 Å². The summed E-state index contributed by atoms with van der Waals surface area (Å²) in [4.78, 5) is 0.718. The fourth-order valence-corrected chi connectivity index (χ4v) is 1.45. The van der Waals surface area contributed by atoms with E-state index in [9.17, 15) is 0 Å². The summed E-state index contributed by atoms with van der Waals surface area (Å²) in [6, 6.07) is 1.72. The molecule has 5 heteroatoms. The lowest BCUT2D eigenvalue weighted by Gasteiger charge is -1.95. The van der Waals surface area contributed by atoms with Crippen molar-refractivity contribution in [3.05, 3.63) is 16.3 Å². The van der Waals surface area contributed by atoms with Gasteiger partial charge in [-0.15, -0.1) is 11.3 Å². The van der Waals surface area contributed by atoms with Gasteiger partial charge in [0.15, 0.2) is 0 Å². The normalized spacial score (nSPS) is 9.40. The number of thiophene rings is 1. The summed E-state index contributed by atoms with van der Waals surface area (Å²) in [5.41, 5.74) is 5.82. The van der Waals surface area contributed by atoms with Gasteiger partial charge in [-0.25, -0.2) is 0 Å². The summed E-state index contributed by atoms with van der Waals surface area (Å²) >= 11 is 1.39. The molecule has 3 nitrogen and oxygen atoms in total. The first-order valence-corrected chi connectivity index (χ1v) is 3.65. The van der Waals surface area contributed by atoms with Gasteiger partial charge in [-0.05, 0) is 10.8 Å². The van der Waals surface area contributed by atoms with Crippen molar-refractivity contribution in [2.24, 2.45) is 5.64 Å². The van der Waals surface area contributed by atoms with E-state index < -0.39 is 7.05 Å². The zero-order valence-electron chi connectivity index (χ0n) is 5.24. The zero-order valence-corrected chi connectivity index (χ0v) is 6.06. The largest absolute Gasteiger partial charge is 0.434 e. The molecule has 0 aliphatic rings. The number of hydrogen-bond donors (Lipinski definition) is 3. The van der Waals surface area contributed by atoms with Crippen LogP contribution in [0.15, 0.2) is 11.4 Å². The molecule has 1 rings (SSSR count). The van der Waals surface area contributed by atoms with Crippen molar-refractivity contribution in [1.29, 1.82) is 5.41 Å². The highest BCUT2D eigenvalue weighted by atomic mass is 32.1. The standard InChI is InChI=1S/C5H7BN2OS/c7-3-5-4(6(8)9)1-2-10-5/h1-3,7,9H,8H2. The van der Waals surface area contributed by atoms with E-state index in [2.05, 4.69) is 0 Å². The average molecular weight is 154 g/mol. The van der Waals surface area contributed by atoms with Crippen LogP contribution in [0.3, 0.4) is 0 Å². The van der Waals surface area contributed by atoms with Crippen molar-refractivity contribution in [1.82, 2.24) is 0 Å². The van der Waals surface area contributed by atoms with Gasteiger partial charge >= 0.3 is 7.05 Å². The molecule has 52 valence electrons. The topological polar surface area (TPSA) is 70.1 Å². The maximum Gasteiger partial charge on any atom is 0.411 e. The third-order valence-electron chi connectivity index (χ3n) is 1.18. The molecule has 0 amide bonds. The molecular weight excluding hydrogens is 147 g/mol. The first-order chi connectivity index (χ1) is 4.75. The Bertz CT molecular complexity index is 235. The Morgan fingerprint density at radius 1 is 1.80 bits per heavy atom.